The summed E-state index contributed by atoms with van der Waals surface area (Å²) in [5.41, 5.74) is 0.919. The average Bonchev–Trinajstić information content (AvgIpc) is 2.90. The summed E-state index contributed by atoms with van der Waals surface area (Å²) in [5, 5.41) is 9.82. The Morgan fingerprint density at radius 1 is 1.07 bits per heavy atom. The molecule has 0 aromatic carbocycles. The van der Waals surface area contributed by atoms with E-state index in [-0.39, 0.29) is 62.5 Å². The van der Waals surface area contributed by atoms with Crippen LogP contribution in [0.15, 0.2) is 23.3 Å². The van der Waals surface area contributed by atoms with Crippen LogP contribution >= 0.6 is 22.6 Å². The van der Waals surface area contributed by atoms with Gasteiger partial charge >= 0.3 is 5.97 Å². The Labute approximate surface area is 254 Å². The van der Waals surface area contributed by atoms with Gasteiger partial charge in [0.15, 0.2) is 11.6 Å². The monoisotopic (exact) mass is 659 g/mol. The first-order valence-corrected chi connectivity index (χ1v) is 16.9. The summed E-state index contributed by atoms with van der Waals surface area (Å²) in [7, 11) is 0. The van der Waals surface area contributed by atoms with Gasteiger partial charge in [0.05, 0.1) is 16.6 Å². The number of alkyl halides is 1. The maximum atomic E-state index is 14.5. The van der Waals surface area contributed by atoms with Gasteiger partial charge in [0, 0.05) is 17.3 Å². The van der Waals surface area contributed by atoms with E-state index < -0.39 is 5.41 Å². The molecule has 0 aliphatic heterocycles. The maximum Gasteiger partial charge on any atom is 0.315 e. The molecule has 2 unspecified atom stereocenters. The fourth-order valence-electron chi connectivity index (χ4n) is 10.4. The Morgan fingerprint density at radius 2 is 1.77 bits per heavy atom. The predicted octanol–water partition coefficient (Wildman–Crippen LogP) is 7.57. The van der Waals surface area contributed by atoms with E-state index >= 15 is 0 Å². The van der Waals surface area contributed by atoms with Gasteiger partial charge in [-0.05, 0) is 97.4 Å². The first kappa shape index (κ1) is 30.0. The number of ketones is 2. The van der Waals surface area contributed by atoms with Gasteiger partial charge in [-0.25, -0.2) is 0 Å². The quantitative estimate of drug-likeness (QED) is 0.132. The molecule has 0 bridgehead atoms. The van der Waals surface area contributed by atoms with E-state index in [4.69, 9.17) is 4.74 Å². The van der Waals surface area contributed by atoms with Crippen molar-refractivity contribution in [2.45, 2.75) is 99.3 Å². The van der Waals surface area contributed by atoms with Gasteiger partial charge in [0.25, 0.3) is 0 Å². The summed E-state index contributed by atoms with van der Waals surface area (Å²) in [6.45, 7) is 14.1. The van der Waals surface area contributed by atoms with Gasteiger partial charge in [-0.3, -0.25) is 14.4 Å². The van der Waals surface area contributed by atoms with Crippen molar-refractivity contribution >= 4 is 40.1 Å². The number of allylic oxidation sites excluding steroid dienone is 4. The Balaban J connectivity index is 1.56. The molecule has 3 saturated carbocycles. The van der Waals surface area contributed by atoms with Gasteiger partial charge in [0.2, 0.25) is 0 Å². The van der Waals surface area contributed by atoms with E-state index in [9.17, 15) is 19.6 Å². The number of esters is 1. The van der Waals surface area contributed by atoms with Crippen molar-refractivity contribution in [3.8, 4) is 6.07 Å². The van der Waals surface area contributed by atoms with Gasteiger partial charge < -0.3 is 4.74 Å². The lowest BCUT2D eigenvalue weighted by molar-refractivity contribution is -0.171. The van der Waals surface area contributed by atoms with Crippen LogP contribution in [-0.2, 0) is 19.1 Å². The number of ether oxygens (including phenoxy) is 1. The summed E-state index contributed by atoms with van der Waals surface area (Å²) in [6, 6.07) is 2.18. The van der Waals surface area contributed by atoms with E-state index in [0.717, 1.165) is 51.4 Å². The predicted molar refractivity (Wildman–Crippen MR) is 163 cm³/mol. The van der Waals surface area contributed by atoms with Crippen LogP contribution in [0, 0.1) is 62.1 Å². The number of carbonyl (C=O) groups excluding carboxylic acids is 3. The molecule has 0 amide bonds. The second-order valence-electron chi connectivity index (χ2n) is 15.2. The molecule has 0 aromatic rings. The zero-order chi connectivity index (χ0) is 29.3. The van der Waals surface area contributed by atoms with E-state index in [2.05, 4.69) is 40.7 Å². The summed E-state index contributed by atoms with van der Waals surface area (Å²) in [4.78, 5) is 39.2. The molecule has 0 aromatic heterocycles. The fraction of sp³-hybridized carbons (Fsp3) is 0.765. The normalized spacial score (nSPS) is 43.6. The van der Waals surface area contributed by atoms with Crippen LogP contribution in [0.25, 0.3) is 0 Å². The summed E-state index contributed by atoms with van der Waals surface area (Å²) >= 11 is 2.05. The smallest absolute Gasteiger partial charge is 0.315 e. The van der Waals surface area contributed by atoms with Crippen LogP contribution in [-0.4, -0.2) is 28.6 Å². The van der Waals surface area contributed by atoms with Crippen molar-refractivity contribution in [2.75, 3.05) is 11.0 Å². The Morgan fingerprint density at radius 3 is 2.45 bits per heavy atom. The lowest BCUT2D eigenvalue weighted by Crippen LogP contribution is -2.64. The molecule has 0 heterocycles. The Bertz CT molecular complexity index is 1230. The number of carbonyl (C=O) groups is 3. The SMILES string of the molecule is C[C@@H]1C(=O)C(C#N)=C[C@]2(C)C3=CC(=O)C4C5CC(C)(C)CC[C@]5(CCCOC(=O)CI)CC[C@@]4(C)[C@]3(C)CC[C@@H]12. The number of rotatable bonds is 5. The zero-order valence-corrected chi connectivity index (χ0v) is 27.4. The van der Waals surface area contributed by atoms with Crippen molar-refractivity contribution in [1.29, 1.82) is 5.26 Å². The van der Waals surface area contributed by atoms with Crippen LogP contribution in [0.5, 0.6) is 0 Å². The summed E-state index contributed by atoms with van der Waals surface area (Å²) in [5.74, 6) is 0.239. The molecule has 6 heteroatoms. The molecule has 0 N–H and O–H groups in total. The highest BCUT2D eigenvalue weighted by Crippen LogP contribution is 2.74. The molecule has 0 radical (unpaired) electrons. The zero-order valence-electron chi connectivity index (χ0n) is 25.2. The second-order valence-corrected chi connectivity index (χ2v) is 16.0. The first-order chi connectivity index (χ1) is 18.7. The van der Waals surface area contributed by atoms with Crippen LogP contribution in [0.2, 0.25) is 0 Å². The fourth-order valence-corrected chi connectivity index (χ4v) is 10.7. The van der Waals surface area contributed by atoms with Crippen LogP contribution in [0.4, 0.5) is 0 Å². The van der Waals surface area contributed by atoms with E-state index in [1.807, 2.05) is 41.7 Å². The largest absolute Gasteiger partial charge is 0.465 e. The molecule has 5 rings (SSSR count). The number of halogens is 1. The standard InChI is InChI=1S/C34H46INO4/c1-21-23-8-10-32(5)26(31(23,4)17-22(20-36)29(21)39)16-25(37)28-24-18-30(2,3)11-13-34(24,14-12-33(28,32)6)9-7-15-40-27(38)19-35/h16-17,21,23-24,28H,7-15,18-19H2,1-6H3/t21-,23-,24?,28?,31-,32+,33+,34+/m0/s1. The molecule has 218 valence electrons. The Hall–Kier alpha value is -1.49. The molecular formula is C34H46INO4. The molecule has 5 nitrogen and oxygen atoms in total. The van der Waals surface area contributed by atoms with Crippen LogP contribution < -0.4 is 0 Å². The molecule has 5 aliphatic rings. The van der Waals surface area contributed by atoms with E-state index in [1.54, 1.807) is 0 Å². The molecule has 5 aliphatic carbocycles. The third kappa shape index (κ3) is 4.30. The van der Waals surface area contributed by atoms with Crippen LogP contribution in [0.1, 0.15) is 99.3 Å². The highest BCUT2D eigenvalue weighted by molar-refractivity contribution is 14.1. The lowest BCUT2D eigenvalue weighted by Gasteiger charge is -2.69. The highest BCUT2D eigenvalue weighted by Gasteiger charge is 2.68. The lowest BCUT2D eigenvalue weighted by atomic mass is 9.34. The van der Waals surface area contributed by atoms with Crippen molar-refractivity contribution in [3.05, 3.63) is 23.3 Å². The van der Waals surface area contributed by atoms with Gasteiger partial charge in [-0.1, -0.05) is 75.8 Å². The molecule has 3 fully saturated rings. The summed E-state index contributed by atoms with van der Waals surface area (Å²) in [6.07, 6.45) is 13.1. The average molecular weight is 660 g/mol. The van der Waals surface area contributed by atoms with E-state index in [0.29, 0.717) is 17.0 Å². The number of Topliss-reactive ketones (excluding diaryl/α,β-unsaturated/α-hetero) is 1. The molecule has 0 saturated heterocycles. The first-order valence-electron chi connectivity index (χ1n) is 15.3. The van der Waals surface area contributed by atoms with Crippen molar-refractivity contribution < 1.29 is 19.1 Å². The topological polar surface area (TPSA) is 84.2 Å². The minimum atomic E-state index is -0.460. The molecule has 0 spiro atoms. The van der Waals surface area contributed by atoms with Crippen molar-refractivity contribution in [2.24, 2.45) is 50.7 Å². The minimum absolute atomic E-state index is 0.0336. The van der Waals surface area contributed by atoms with Crippen LogP contribution in [0.3, 0.4) is 0 Å². The maximum absolute atomic E-state index is 14.5. The van der Waals surface area contributed by atoms with Gasteiger partial charge in [0.1, 0.15) is 6.07 Å². The number of hydrogen-bond acceptors (Lipinski definition) is 5. The third-order valence-corrected chi connectivity index (χ3v) is 13.5. The molecule has 8 atom stereocenters. The van der Waals surface area contributed by atoms with Crippen molar-refractivity contribution in [3.63, 3.8) is 0 Å². The number of nitriles is 1. The summed E-state index contributed by atoms with van der Waals surface area (Å²) < 4.78 is 5.83. The second kappa shape index (κ2) is 10.1. The number of fused-ring (bicyclic) bond motifs is 7. The number of hydrogen-bond donors (Lipinski definition) is 0. The van der Waals surface area contributed by atoms with E-state index in [1.165, 1.54) is 12.0 Å². The van der Waals surface area contributed by atoms with Gasteiger partial charge in [-0.2, -0.15) is 5.26 Å². The highest BCUT2D eigenvalue weighted by atomic mass is 127. The molecular weight excluding hydrogens is 613 g/mol. The van der Waals surface area contributed by atoms with Gasteiger partial charge in [-0.15, -0.1) is 0 Å². The molecule has 40 heavy (non-hydrogen) atoms. The van der Waals surface area contributed by atoms with Crippen molar-refractivity contribution in [1.82, 2.24) is 0 Å². The Kier molecular flexibility index (Phi) is 7.54. The minimum Gasteiger partial charge on any atom is -0.465 e. The third-order valence-electron chi connectivity index (χ3n) is 12.9. The number of nitrogens with zero attached hydrogens (tertiary/aromatic N) is 1.